The van der Waals surface area contributed by atoms with Crippen molar-refractivity contribution in [3.63, 3.8) is 0 Å². The van der Waals surface area contributed by atoms with Crippen LogP contribution in [-0.2, 0) is 0 Å². The minimum absolute atomic E-state index is 0.295. The summed E-state index contributed by atoms with van der Waals surface area (Å²) in [5.41, 5.74) is 1.96. The highest BCUT2D eigenvalue weighted by Gasteiger charge is 2.03. The van der Waals surface area contributed by atoms with Gasteiger partial charge in [-0.25, -0.2) is 0 Å². The second kappa shape index (κ2) is 4.16. The lowest BCUT2D eigenvalue weighted by molar-refractivity contribution is 0.574. The van der Waals surface area contributed by atoms with Crippen LogP contribution in [0.15, 0.2) is 12.1 Å². The van der Waals surface area contributed by atoms with Gasteiger partial charge in [0.05, 0.1) is 11.4 Å². The summed E-state index contributed by atoms with van der Waals surface area (Å²) in [6.07, 6.45) is 0. The molecule has 0 aliphatic carbocycles. The topological polar surface area (TPSA) is 37.8 Å². The first-order chi connectivity index (χ1) is 5.74. The molecule has 1 heterocycles. The molecule has 0 spiro atoms. The van der Waals surface area contributed by atoms with E-state index >= 15 is 0 Å². The molecule has 12 heavy (non-hydrogen) atoms. The minimum Gasteiger partial charge on any atom is -0.309 e. The van der Waals surface area contributed by atoms with Crippen LogP contribution >= 0.6 is 0 Å². The monoisotopic (exact) mass is 165 g/mol. The lowest BCUT2D eigenvalue weighted by Gasteiger charge is -2.10. The van der Waals surface area contributed by atoms with Gasteiger partial charge in [-0.1, -0.05) is 6.92 Å². The second-order valence-corrected chi connectivity index (χ2v) is 2.88. The Balaban J connectivity index is 2.68. The van der Waals surface area contributed by atoms with E-state index in [0.717, 1.165) is 17.9 Å². The summed E-state index contributed by atoms with van der Waals surface area (Å²) in [6, 6.07) is 4.29. The molecule has 1 aromatic rings. The van der Waals surface area contributed by atoms with Gasteiger partial charge in [-0.05, 0) is 32.5 Å². The number of hydrogen-bond acceptors (Lipinski definition) is 3. The molecule has 0 bridgehead atoms. The molecule has 1 aromatic heterocycles. The largest absolute Gasteiger partial charge is 0.309 e. The van der Waals surface area contributed by atoms with Gasteiger partial charge in [0, 0.05) is 6.04 Å². The summed E-state index contributed by atoms with van der Waals surface area (Å²) >= 11 is 0. The van der Waals surface area contributed by atoms with Crippen molar-refractivity contribution in [2.45, 2.75) is 26.8 Å². The van der Waals surface area contributed by atoms with Gasteiger partial charge in [-0.2, -0.15) is 10.2 Å². The lowest BCUT2D eigenvalue weighted by atomic mass is 10.2. The van der Waals surface area contributed by atoms with Gasteiger partial charge in [-0.15, -0.1) is 0 Å². The molecule has 0 saturated heterocycles. The average molecular weight is 165 g/mol. The van der Waals surface area contributed by atoms with Crippen LogP contribution < -0.4 is 5.32 Å². The first-order valence-corrected chi connectivity index (χ1v) is 4.27. The predicted molar refractivity (Wildman–Crippen MR) is 48.9 cm³/mol. The Labute approximate surface area is 73.2 Å². The van der Waals surface area contributed by atoms with Gasteiger partial charge in [0.25, 0.3) is 0 Å². The van der Waals surface area contributed by atoms with Crippen molar-refractivity contribution in [2.24, 2.45) is 0 Å². The van der Waals surface area contributed by atoms with Crippen LogP contribution in [0.25, 0.3) is 0 Å². The number of aryl methyl sites for hydroxylation is 1. The number of hydrogen-bond donors (Lipinski definition) is 1. The third kappa shape index (κ3) is 2.27. The zero-order chi connectivity index (χ0) is 8.97. The van der Waals surface area contributed by atoms with Crippen molar-refractivity contribution in [3.8, 4) is 0 Å². The summed E-state index contributed by atoms with van der Waals surface area (Å²) in [5.74, 6) is 0. The van der Waals surface area contributed by atoms with Crippen LogP contribution in [0.1, 0.15) is 31.3 Å². The molecule has 66 valence electrons. The summed E-state index contributed by atoms with van der Waals surface area (Å²) in [4.78, 5) is 0. The quantitative estimate of drug-likeness (QED) is 0.736. The van der Waals surface area contributed by atoms with E-state index < -0.39 is 0 Å². The molecule has 0 aromatic carbocycles. The smallest absolute Gasteiger partial charge is 0.0797 e. The van der Waals surface area contributed by atoms with Crippen LogP contribution in [0.3, 0.4) is 0 Å². The van der Waals surface area contributed by atoms with E-state index in [9.17, 15) is 0 Å². The molecule has 0 saturated carbocycles. The molecule has 1 N–H and O–H groups in total. The Kier molecular flexibility index (Phi) is 3.17. The Hall–Kier alpha value is -0.960. The Bertz CT molecular complexity index is 230. The molecule has 0 aliphatic heterocycles. The third-order valence-electron chi connectivity index (χ3n) is 1.77. The molecule has 0 amide bonds. The fourth-order valence-corrected chi connectivity index (χ4v) is 1.05. The van der Waals surface area contributed by atoms with Crippen LogP contribution in [0.5, 0.6) is 0 Å². The lowest BCUT2D eigenvalue weighted by Crippen LogP contribution is -2.19. The van der Waals surface area contributed by atoms with E-state index in [-0.39, 0.29) is 0 Å². The molecular formula is C9H15N3. The van der Waals surface area contributed by atoms with E-state index in [4.69, 9.17) is 0 Å². The molecule has 1 unspecified atom stereocenters. The molecule has 0 aliphatic rings. The van der Waals surface area contributed by atoms with Crippen molar-refractivity contribution in [1.82, 2.24) is 15.5 Å². The second-order valence-electron chi connectivity index (χ2n) is 2.88. The average Bonchev–Trinajstić information content (AvgIpc) is 2.06. The van der Waals surface area contributed by atoms with E-state index in [1.165, 1.54) is 0 Å². The van der Waals surface area contributed by atoms with Crippen LogP contribution in [0, 0.1) is 6.92 Å². The maximum absolute atomic E-state index is 4.08. The first kappa shape index (κ1) is 9.13. The fraction of sp³-hybridized carbons (Fsp3) is 0.556. The predicted octanol–water partition coefficient (Wildman–Crippen LogP) is 1.46. The highest BCUT2D eigenvalue weighted by atomic mass is 15.1. The molecule has 1 atom stereocenters. The van der Waals surface area contributed by atoms with Gasteiger partial charge in [0.15, 0.2) is 0 Å². The van der Waals surface area contributed by atoms with Crippen molar-refractivity contribution >= 4 is 0 Å². The summed E-state index contributed by atoms with van der Waals surface area (Å²) < 4.78 is 0. The van der Waals surface area contributed by atoms with Crippen molar-refractivity contribution in [3.05, 3.63) is 23.5 Å². The van der Waals surface area contributed by atoms with Crippen LogP contribution in [0.4, 0.5) is 0 Å². The van der Waals surface area contributed by atoms with Crippen LogP contribution in [0.2, 0.25) is 0 Å². The highest BCUT2D eigenvalue weighted by molar-refractivity contribution is 5.08. The SMILES string of the molecule is CCNC(C)c1ccc(C)nn1. The van der Waals surface area contributed by atoms with Gasteiger partial charge >= 0.3 is 0 Å². The summed E-state index contributed by atoms with van der Waals surface area (Å²) in [6.45, 7) is 7.06. The van der Waals surface area contributed by atoms with Crippen molar-refractivity contribution in [2.75, 3.05) is 6.54 Å². The van der Waals surface area contributed by atoms with Gasteiger partial charge in [0.1, 0.15) is 0 Å². The third-order valence-corrected chi connectivity index (χ3v) is 1.77. The Morgan fingerprint density at radius 1 is 1.42 bits per heavy atom. The zero-order valence-electron chi connectivity index (χ0n) is 7.83. The fourth-order valence-electron chi connectivity index (χ4n) is 1.05. The minimum atomic E-state index is 0.295. The molecule has 3 heteroatoms. The summed E-state index contributed by atoms with van der Waals surface area (Å²) in [5, 5.41) is 11.4. The molecule has 0 fully saturated rings. The van der Waals surface area contributed by atoms with Gasteiger partial charge in [0.2, 0.25) is 0 Å². The maximum Gasteiger partial charge on any atom is 0.0797 e. The Morgan fingerprint density at radius 3 is 2.67 bits per heavy atom. The molecule has 1 rings (SSSR count). The zero-order valence-corrected chi connectivity index (χ0v) is 7.83. The number of nitrogens with zero attached hydrogens (tertiary/aromatic N) is 2. The molecular weight excluding hydrogens is 150 g/mol. The van der Waals surface area contributed by atoms with Gasteiger partial charge < -0.3 is 5.32 Å². The number of nitrogens with one attached hydrogen (secondary N) is 1. The molecule has 0 radical (unpaired) electrons. The first-order valence-electron chi connectivity index (χ1n) is 4.27. The normalized spacial score (nSPS) is 12.9. The van der Waals surface area contributed by atoms with Gasteiger partial charge in [-0.3, -0.25) is 0 Å². The molecule has 3 nitrogen and oxygen atoms in total. The van der Waals surface area contributed by atoms with E-state index in [2.05, 4.69) is 29.4 Å². The van der Waals surface area contributed by atoms with Crippen LogP contribution in [-0.4, -0.2) is 16.7 Å². The van der Waals surface area contributed by atoms with E-state index in [1.54, 1.807) is 0 Å². The van der Waals surface area contributed by atoms with Crippen molar-refractivity contribution < 1.29 is 0 Å². The van der Waals surface area contributed by atoms with E-state index in [1.807, 2.05) is 19.1 Å². The number of aromatic nitrogens is 2. The highest BCUT2D eigenvalue weighted by Crippen LogP contribution is 2.06. The maximum atomic E-state index is 4.08. The standard InChI is InChI=1S/C9H15N3/c1-4-10-8(3)9-6-5-7(2)11-12-9/h5-6,8,10H,4H2,1-3H3. The van der Waals surface area contributed by atoms with E-state index in [0.29, 0.717) is 6.04 Å². The van der Waals surface area contributed by atoms with Crippen molar-refractivity contribution in [1.29, 1.82) is 0 Å². The summed E-state index contributed by atoms with van der Waals surface area (Å²) in [7, 11) is 0. The Morgan fingerprint density at radius 2 is 2.17 bits per heavy atom. The number of rotatable bonds is 3.